The number of ketones is 1. The van der Waals surface area contributed by atoms with Crippen LogP contribution in [0.4, 0.5) is 0 Å². The number of rotatable bonds is 6. The van der Waals surface area contributed by atoms with Crippen molar-refractivity contribution in [3.63, 3.8) is 0 Å². The van der Waals surface area contributed by atoms with E-state index >= 15 is 0 Å². The van der Waals surface area contributed by atoms with Gasteiger partial charge in [-0.2, -0.15) is 0 Å². The number of unbranched alkanes of at least 4 members (excludes halogenated alkanes) is 1. The highest BCUT2D eigenvalue weighted by Crippen LogP contribution is 2.20. The molecule has 0 aromatic heterocycles. The molecule has 0 aromatic carbocycles. The fourth-order valence-electron chi connectivity index (χ4n) is 1.74. The van der Waals surface area contributed by atoms with Crippen molar-refractivity contribution in [2.24, 2.45) is 16.6 Å². The summed E-state index contributed by atoms with van der Waals surface area (Å²) in [7, 11) is 0. The highest BCUT2D eigenvalue weighted by molar-refractivity contribution is 5.79. The molecule has 2 N–H and O–H groups in total. The molecule has 0 rings (SSSR count). The van der Waals surface area contributed by atoms with Crippen LogP contribution in [0.3, 0.4) is 0 Å². The number of nitrogens with two attached hydrogens (primary N) is 1. The molecule has 0 aliphatic heterocycles. The number of allylic oxidation sites excluding steroid dienone is 1. The zero-order valence-electron chi connectivity index (χ0n) is 14.2. The van der Waals surface area contributed by atoms with Crippen molar-refractivity contribution < 1.29 is 9.59 Å². The fourth-order valence-corrected chi connectivity index (χ4v) is 1.74. The van der Waals surface area contributed by atoms with E-state index < -0.39 is 0 Å². The number of hydrogen-bond donors (Lipinski definition) is 1. The Morgan fingerprint density at radius 3 is 1.75 bits per heavy atom. The molecule has 0 heterocycles. The average molecular weight is 283 g/mol. The Kier molecular flexibility index (Phi) is 10.3. The van der Waals surface area contributed by atoms with Crippen LogP contribution in [0.15, 0.2) is 12.3 Å². The number of Topliss-reactive ketones (excluding diaryl/α,β-unsaturated/α-hetero) is 1. The molecule has 3 heteroatoms. The van der Waals surface area contributed by atoms with Gasteiger partial charge < -0.3 is 10.5 Å². The maximum absolute atomic E-state index is 11.2. The first kappa shape index (κ1) is 21.2. The van der Waals surface area contributed by atoms with Crippen LogP contribution in [0.5, 0.6) is 0 Å². The quantitative estimate of drug-likeness (QED) is 0.585. The lowest BCUT2D eigenvalue weighted by molar-refractivity contribution is -0.120. The molecule has 0 saturated carbocycles. The zero-order chi connectivity index (χ0) is 16.4. The monoisotopic (exact) mass is 283 g/mol. The van der Waals surface area contributed by atoms with Gasteiger partial charge >= 0.3 is 0 Å². The van der Waals surface area contributed by atoms with E-state index in [0.717, 1.165) is 18.4 Å². The molecule has 0 amide bonds. The predicted molar refractivity (Wildman–Crippen MR) is 86.4 cm³/mol. The molecule has 0 spiro atoms. The van der Waals surface area contributed by atoms with Crippen molar-refractivity contribution in [3.05, 3.63) is 12.3 Å². The Balaban J connectivity index is 0. The Labute approximate surface area is 125 Å². The van der Waals surface area contributed by atoms with Crippen LogP contribution >= 0.6 is 0 Å². The molecule has 0 atom stereocenters. The lowest BCUT2D eigenvalue weighted by Gasteiger charge is -2.16. The van der Waals surface area contributed by atoms with Crippen LogP contribution < -0.4 is 5.73 Å². The normalized spacial score (nSPS) is 11.3. The number of hydrogen-bond acceptors (Lipinski definition) is 3. The van der Waals surface area contributed by atoms with Crippen molar-refractivity contribution in [1.82, 2.24) is 0 Å². The number of aldehydes is 1. The van der Waals surface area contributed by atoms with Crippen molar-refractivity contribution in [2.45, 2.75) is 73.6 Å². The van der Waals surface area contributed by atoms with Crippen molar-refractivity contribution in [3.8, 4) is 0 Å². The molecule has 0 aromatic rings. The molecule has 20 heavy (non-hydrogen) atoms. The number of carbonyl (C=O) groups is 2. The highest BCUT2D eigenvalue weighted by atomic mass is 16.1. The van der Waals surface area contributed by atoms with Crippen LogP contribution in [0.25, 0.3) is 0 Å². The Bertz CT molecular complexity index is 306. The molecular formula is C17H33NO2. The molecule has 0 saturated heterocycles. The van der Waals surface area contributed by atoms with Crippen LogP contribution in [-0.4, -0.2) is 12.1 Å². The third-order valence-corrected chi connectivity index (χ3v) is 2.26. The van der Waals surface area contributed by atoms with Gasteiger partial charge in [-0.05, 0) is 23.7 Å². The van der Waals surface area contributed by atoms with Crippen molar-refractivity contribution >= 4 is 12.1 Å². The maximum Gasteiger partial charge on any atom is 0.133 e. The van der Waals surface area contributed by atoms with Gasteiger partial charge in [0.15, 0.2) is 0 Å². The van der Waals surface area contributed by atoms with Gasteiger partial charge in [-0.1, -0.05) is 48.1 Å². The third-order valence-electron chi connectivity index (χ3n) is 2.26. The second-order valence-electron chi connectivity index (χ2n) is 7.73. The van der Waals surface area contributed by atoms with E-state index in [-0.39, 0.29) is 11.2 Å². The van der Waals surface area contributed by atoms with E-state index in [2.05, 4.69) is 27.4 Å². The summed E-state index contributed by atoms with van der Waals surface area (Å²) in [4.78, 5) is 21.2. The molecule has 0 radical (unpaired) electrons. The summed E-state index contributed by atoms with van der Waals surface area (Å²) in [5, 5.41) is 0. The highest BCUT2D eigenvalue weighted by Gasteiger charge is 2.15. The Morgan fingerprint density at radius 2 is 1.50 bits per heavy atom. The number of carbonyl (C=O) groups excluding carboxylic acids is 2. The SMILES string of the molecule is C=C(N)CC(C)(C)C.CC(C)(C)CC(=O)CCCC=O. The minimum absolute atomic E-state index is 0.0816. The molecule has 0 fully saturated rings. The summed E-state index contributed by atoms with van der Waals surface area (Å²) >= 11 is 0. The average Bonchev–Trinajstić information content (AvgIpc) is 2.11. The summed E-state index contributed by atoms with van der Waals surface area (Å²) in [5.74, 6) is 0.268. The molecule has 0 bridgehead atoms. The standard InChI is InChI=1S/C10H18O2.C7H15N/c1-10(2,3)8-9(12)6-4-5-7-11;1-6(8)5-7(2,3)4/h7H,4-6,8H2,1-3H3;1,5,8H2,2-4H3. The first-order valence-corrected chi connectivity index (χ1v) is 7.26. The van der Waals surface area contributed by atoms with E-state index in [0.29, 0.717) is 31.1 Å². The first-order chi connectivity index (χ1) is 8.87. The Morgan fingerprint density at radius 1 is 1.05 bits per heavy atom. The van der Waals surface area contributed by atoms with Crippen LogP contribution in [-0.2, 0) is 9.59 Å². The topological polar surface area (TPSA) is 60.2 Å². The van der Waals surface area contributed by atoms with Crippen molar-refractivity contribution in [1.29, 1.82) is 0 Å². The van der Waals surface area contributed by atoms with Gasteiger partial charge in [0.1, 0.15) is 12.1 Å². The van der Waals surface area contributed by atoms with E-state index in [1.165, 1.54) is 0 Å². The smallest absolute Gasteiger partial charge is 0.133 e. The molecule has 0 aliphatic carbocycles. The lowest BCUT2D eigenvalue weighted by atomic mass is 9.89. The minimum atomic E-state index is 0.0816. The molecule has 3 nitrogen and oxygen atoms in total. The molecule has 0 aliphatic rings. The van der Waals surface area contributed by atoms with E-state index in [4.69, 9.17) is 5.73 Å². The summed E-state index contributed by atoms with van der Waals surface area (Å²) in [6, 6.07) is 0. The van der Waals surface area contributed by atoms with Crippen LogP contribution in [0.1, 0.15) is 73.6 Å². The van der Waals surface area contributed by atoms with Crippen LogP contribution in [0.2, 0.25) is 0 Å². The van der Waals surface area contributed by atoms with E-state index in [1.807, 2.05) is 20.8 Å². The maximum atomic E-state index is 11.2. The third kappa shape index (κ3) is 22.1. The Hall–Kier alpha value is -1.12. The second-order valence-corrected chi connectivity index (χ2v) is 7.73. The largest absolute Gasteiger partial charge is 0.402 e. The van der Waals surface area contributed by atoms with Gasteiger partial charge in [-0.3, -0.25) is 4.79 Å². The van der Waals surface area contributed by atoms with Gasteiger partial charge in [0, 0.05) is 25.0 Å². The fraction of sp³-hybridized carbons (Fsp3) is 0.765. The van der Waals surface area contributed by atoms with Crippen LogP contribution in [0, 0.1) is 10.8 Å². The van der Waals surface area contributed by atoms with E-state index in [1.54, 1.807) is 0 Å². The summed E-state index contributed by atoms with van der Waals surface area (Å²) < 4.78 is 0. The second kappa shape index (κ2) is 9.73. The zero-order valence-corrected chi connectivity index (χ0v) is 14.2. The van der Waals surface area contributed by atoms with Gasteiger partial charge in [0.05, 0.1) is 0 Å². The summed E-state index contributed by atoms with van der Waals surface area (Å²) in [6.07, 6.45) is 4.16. The van der Waals surface area contributed by atoms with Gasteiger partial charge in [-0.15, -0.1) is 0 Å². The van der Waals surface area contributed by atoms with Gasteiger partial charge in [-0.25, -0.2) is 0 Å². The summed E-state index contributed by atoms with van der Waals surface area (Å²) in [5.41, 5.74) is 6.54. The van der Waals surface area contributed by atoms with Gasteiger partial charge in [0.2, 0.25) is 0 Å². The molecular weight excluding hydrogens is 250 g/mol. The summed E-state index contributed by atoms with van der Waals surface area (Å²) in [6.45, 7) is 16.2. The lowest BCUT2D eigenvalue weighted by Crippen LogP contribution is -2.12. The first-order valence-electron chi connectivity index (χ1n) is 7.26. The van der Waals surface area contributed by atoms with Crippen molar-refractivity contribution in [2.75, 3.05) is 0 Å². The molecule has 118 valence electrons. The molecule has 0 unspecified atom stereocenters. The minimum Gasteiger partial charge on any atom is -0.402 e. The van der Waals surface area contributed by atoms with E-state index in [9.17, 15) is 9.59 Å². The van der Waals surface area contributed by atoms with Gasteiger partial charge in [0.25, 0.3) is 0 Å². The predicted octanol–water partition coefficient (Wildman–Crippen LogP) is 4.26.